The first kappa shape index (κ1) is 18.8. The van der Waals surface area contributed by atoms with Gasteiger partial charge in [0.1, 0.15) is 5.01 Å². The van der Waals surface area contributed by atoms with Crippen molar-refractivity contribution >= 4 is 33.4 Å². The molecule has 0 atom stereocenters. The molecular weight excluding hydrogens is 372 g/mol. The molecule has 0 N–H and O–H groups in total. The van der Waals surface area contributed by atoms with Crippen LogP contribution >= 0.6 is 11.3 Å². The monoisotopic (exact) mass is 392 g/mol. The van der Waals surface area contributed by atoms with Crippen LogP contribution in [-0.2, 0) is 21.3 Å². The van der Waals surface area contributed by atoms with Crippen LogP contribution < -0.4 is 0 Å². The number of ether oxygens (including phenoxy) is 1. The summed E-state index contributed by atoms with van der Waals surface area (Å²) >= 11 is 1.27. The number of esters is 1. The first-order chi connectivity index (χ1) is 12.5. The van der Waals surface area contributed by atoms with Crippen LogP contribution in [0.2, 0.25) is 0 Å². The maximum atomic E-state index is 12.8. The number of hydrogen-bond acceptors (Lipinski definition) is 6. The molecule has 1 aliphatic rings. The zero-order valence-corrected chi connectivity index (χ0v) is 16.0. The summed E-state index contributed by atoms with van der Waals surface area (Å²) in [6.45, 7) is 2.17. The molecule has 3 rings (SSSR count). The molecule has 1 saturated carbocycles. The predicted octanol–water partition coefficient (Wildman–Crippen LogP) is 3.28. The van der Waals surface area contributed by atoms with E-state index < -0.39 is 16.0 Å². The molecule has 1 aromatic heterocycles. The molecule has 0 amide bonds. The molecule has 0 radical (unpaired) electrons. The maximum absolute atomic E-state index is 12.8. The van der Waals surface area contributed by atoms with Crippen molar-refractivity contribution in [2.45, 2.75) is 32.4 Å². The molecule has 138 valence electrons. The van der Waals surface area contributed by atoms with Crippen LogP contribution in [0.4, 0.5) is 0 Å². The van der Waals surface area contributed by atoms with Crippen molar-refractivity contribution in [1.29, 1.82) is 0 Å². The van der Waals surface area contributed by atoms with Crippen LogP contribution in [0, 0.1) is 0 Å². The molecule has 8 heteroatoms. The van der Waals surface area contributed by atoms with E-state index in [1.54, 1.807) is 18.4 Å². The SMILES string of the molecule is CCOC(=O)c1csc(CN(C2CC2)S(=O)(=O)C=Cc2ccccc2)n1. The summed E-state index contributed by atoms with van der Waals surface area (Å²) in [6.07, 6.45) is 3.28. The highest BCUT2D eigenvalue weighted by Gasteiger charge is 2.36. The standard InChI is InChI=1S/C18H20N2O4S2/c1-2-24-18(21)16-13-25-17(19-16)12-20(15-8-9-15)26(22,23)11-10-14-6-4-3-5-7-14/h3-7,10-11,13,15H,2,8-9,12H2,1H3. The van der Waals surface area contributed by atoms with Gasteiger partial charge in [0.25, 0.3) is 0 Å². The van der Waals surface area contributed by atoms with Gasteiger partial charge in [-0.2, -0.15) is 4.31 Å². The molecule has 6 nitrogen and oxygen atoms in total. The number of aromatic nitrogens is 1. The number of sulfonamides is 1. The zero-order valence-electron chi connectivity index (χ0n) is 14.4. The third-order valence-corrected chi connectivity index (χ3v) is 6.24. The van der Waals surface area contributed by atoms with Crippen molar-refractivity contribution in [3.8, 4) is 0 Å². The Hall–Kier alpha value is -2.03. The maximum Gasteiger partial charge on any atom is 0.357 e. The van der Waals surface area contributed by atoms with E-state index in [2.05, 4.69) is 4.98 Å². The summed E-state index contributed by atoms with van der Waals surface area (Å²) in [5, 5.41) is 3.42. The number of carbonyl (C=O) groups excluding carboxylic acids is 1. The Morgan fingerprint density at radius 2 is 2.08 bits per heavy atom. The molecule has 0 unspecified atom stereocenters. The van der Waals surface area contributed by atoms with Gasteiger partial charge in [-0.15, -0.1) is 11.3 Å². The van der Waals surface area contributed by atoms with Gasteiger partial charge in [0, 0.05) is 16.8 Å². The summed E-state index contributed by atoms with van der Waals surface area (Å²) in [5.41, 5.74) is 1.05. The van der Waals surface area contributed by atoms with Crippen molar-refractivity contribution in [1.82, 2.24) is 9.29 Å². The van der Waals surface area contributed by atoms with E-state index in [1.807, 2.05) is 30.3 Å². The van der Waals surface area contributed by atoms with Crippen molar-refractivity contribution in [3.05, 3.63) is 57.4 Å². The lowest BCUT2D eigenvalue weighted by molar-refractivity contribution is 0.0520. The number of thiazole rings is 1. The Morgan fingerprint density at radius 1 is 1.35 bits per heavy atom. The second kappa shape index (κ2) is 8.11. The fourth-order valence-electron chi connectivity index (χ4n) is 2.41. The number of hydrogen-bond donors (Lipinski definition) is 0. The Morgan fingerprint density at radius 3 is 2.73 bits per heavy atom. The Balaban J connectivity index is 1.75. The summed E-state index contributed by atoms with van der Waals surface area (Å²) in [7, 11) is -3.57. The highest BCUT2D eigenvalue weighted by molar-refractivity contribution is 7.92. The summed E-state index contributed by atoms with van der Waals surface area (Å²) in [6, 6.07) is 9.29. The third kappa shape index (κ3) is 4.78. The predicted molar refractivity (Wildman–Crippen MR) is 101 cm³/mol. The van der Waals surface area contributed by atoms with Crippen molar-refractivity contribution in [3.63, 3.8) is 0 Å². The Kier molecular flexibility index (Phi) is 5.85. The van der Waals surface area contributed by atoms with Crippen LogP contribution in [-0.4, -0.2) is 36.3 Å². The van der Waals surface area contributed by atoms with E-state index in [0.717, 1.165) is 18.4 Å². The fraction of sp³-hybridized carbons (Fsp3) is 0.333. The molecular formula is C18H20N2O4S2. The minimum atomic E-state index is -3.57. The van der Waals surface area contributed by atoms with Crippen molar-refractivity contribution in [2.24, 2.45) is 0 Å². The average molecular weight is 393 g/mol. The molecule has 0 spiro atoms. The Labute approximate surface area is 157 Å². The lowest BCUT2D eigenvalue weighted by Gasteiger charge is -2.18. The lowest BCUT2D eigenvalue weighted by atomic mass is 10.2. The normalized spacial score (nSPS) is 14.8. The number of benzene rings is 1. The number of carbonyl (C=O) groups is 1. The highest BCUT2D eigenvalue weighted by Crippen LogP contribution is 2.32. The smallest absolute Gasteiger partial charge is 0.357 e. The lowest BCUT2D eigenvalue weighted by Crippen LogP contribution is -2.31. The zero-order chi connectivity index (χ0) is 18.6. The van der Waals surface area contributed by atoms with E-state index in [-0.39, 0.29) is 24.9 Å². The van der Waals surface area contributed by atoms with Crippen LogP contribution in [0.3, 0.4) is 0 Å². The summed E-state index contributed by atoms with van der Waals surface area (Å²) in [5.74, 6) is -0.486. The molecule has 1 aromatic carbocycles. The molecule has 26 heavy (non-hydrogen) atoms. The fourth-order valence-corrected chi connectivity index (χ4v) is 4.67. The summed E-state index contributed by atoms with van der Waals surface area (Å²) < 4.78 is 31.9. The van der Waals surface area contributed by atoms with E-state index in [1.165, 1.54) is 21.1 Å². The molecule has 1 heterocycles. The topological polar surface area (TPSA) is 76.6 Å². The van der Waals surface area contributed by atoms with Gasteiger partial charge in [-0.05, 0) is 31.4 Å². The first-order valence-electron chi connectivity index (χ1n) is 8.36. The van der Waals surface area contributed by atoms with Gasteiger partial charge in [0.2, 0.25) is 10.0 Å². The van der Waals surface area contributed by atoms with E-state index in [9.17, 15) is 13.2 Å². The van der Waals surface area contributed by atoms with E-state index in [0.29, 0.717) is 5.01 Å². The van der Waals surface area contributed by atoms with Crippen molar-refractivity contribution < 1.29 is 17.9 Å². The molecule has 0 saturated heterocycles. The molecule has 2 aromatic rings. The second-order valence-corrected chi connectivity index (χ2v) is 8.60. The second-order valence-electron chi connectivity index (χ2n) is 5.88. The van der Waals surface area contributed by atoms with Gasteiger partial charge >= 0.3 is 5.97 Å². The van der Waals surface area contributed by atoms with Gasteiger partial charge < -0.3 is 4.74 Å². The highest BCUT2D eigenvalue weighted by atomic mass is 32.2. The minimum Gasteiger partial charge on any atom is -0.461 e. The molecule has 1 fully saturated rings. The van der Waals surface area contributed by atoms with E-state index in [4.69, 9.17) is 4.74 Å². The minimum absolute atomic E-state index is 0.00429. The number of rotatable bonds is 8. The van der Waals surface area contributed by atoms with Gasteiger partial charge in [-0.1, -0.05) is 30.3 Å². The van der Waals surface area contributed by atoms with Gasteiger partial charge in [0.05, 0.1) is 13.2 Å². The number of nitrogens with zero attached hydrogens (tertiary/aromatic N) is 2. The van der Waals surface area contributed by atoms with Gasteiger partial charge in [-0.3, -0.25) is 0 Å². The van der Waals surface area contributed by atoms with Crippen LogP contribution in [0.25, 0.3) is 6.08 Å². The Bertz CT molecular complexity index is 887. The average Bonchev–Trinajstić information content (AvgIpc) is 3.36. The van der Waals surface area contributed by atoms with Crippen LogP contribution in [0.1, 0.15) is 40.8 Å². The third-order valence-electron chi connectivity index (χ3n) is 3.84. The largest absolute Gasteiger partial charge is 0.461 e. The van der Waals surface area contributed by atoms with E-state index >= 15 is 0 Å². The summed E-state index contributed by atoms with van der Waals surface area (Å²) in [4.78, 5) is 15.9. The quantitative estimate of drug-likeness (QED) is 0.644. The van der Waals surface area contributed by atoms with Crippen molar-refractivity contribution in [2.75, 3.05) is 6.61 Å². The molecule has 1 aliphatic carbocycles. The molecule has 0 aliphatic heterocycles. The van der Waals surface area contributed by atoms with Gasteiger partial charge in [-0.25, -0.2) is 18.2 Å². The van der Waals surface area contributed by atoms with Crippen LogP contribution in [0.15, 0.2) is 41.1 Å². The molecule has 0 bridgehead atoms. The first-order valence-corrected chi connectivity index (χ1v) is 10.7. The van der Waals surface area contributed by atoms with Crippen LogP contribution in [0.5, 0.6) is 0 Å². The van der Waals surface area contributed by atoms with Gasteiger partial charge in [0.15, 0.2) is 5.69 Å².